The molecule has 7 heteroatoms. The maximum absolute atomic E-state index is 13.1. The first-order valence-electron chi connectivity index (χ1n) is 10.6. The van der Waals surface area contributed by atoms with Crippen molar-refractivity contribution < 1.29 is 14.0 Å². The fraction of sp³-hybridized carbons (Fsp3) is 0.522. The summed E-state index contributed by atoms with van der Waals surface area (Å²) in [5.41, 5.74) is 1.40. The molecule has 0 spiro atoms. The third kappa shape index (κ3) is 4.56. The topological polar surface area (TPSA) is 71.1 Å². The van der Waals surface area contributed by atoms with E-state index >= 15 is 0 Å². The maximum Gasteiger partial charge on any atom is 0.257 e. The van der Waals surface area contributed by atoms with Crippen molar-refractivity contribution in [3.8, 4) is 0 Å². The van der Waals surface area contributed by atoms with Gasteiger partial charge in [0.05, 0.1) is 11.6 Å². The second-order valence-corrected chi connectivity index (χ2v) is 10.6. The van der Waals surface area contributed by atoms with E-state index in [2.05, 4.69) is 36.4 Å². The highest BCUT2D eigenvalue weighted by atomic mass is 32.1. The number of hydrogen-bond acceptors (Lipinski definition) is 4. The fourth-order valence-corrected chi connectivity index (χ4v) is 6.10. The van der Waals surface area contributed by atoms with Gasteiger partial charge in [-0.3, -0.25) is 14.9 Å². The Kier molecular flexibility index (Phi) is 5.66. The molecule has 1 aromatic heterocycles. The lowest BCUT2D eigenvalue weighted by molar-refractivity contribution is -0.123. The number of nitrogens with one attached hydrogen (secondary N) is 2. The molecule has 5 nitrogen and oxygen atoms in total. The predicted octanol–water partition coefficient (Wildman–Crippen LogP) is 4.90. The monoisotopic (exact) mass is 429 g/mol. The smallest absolute Gasteiger partial charge is 0.257 e. The van der Waals surface area contributed by atoms with Gasteiger partial charge in [-0.25, -0.2) is 9.37 Å². The molecule has 2 amide bonds. The zero-order valence-corrected chi connectivity index (χ0v) is 18.4. The number of thiazole rings is 1. The zero-order chi connectivity index (χ0) is 21.5. The number of rotatable bonds is 4. The molecule has 1 fully saturated rings. The van der Waals surface area contributed by atoms with E-state index in [-0.39, 0.29) is 35.0 Å². The average Bonchev–Trinajstić information content (AvgIpc) is 3.20. The largest absolute Gasteiger partial charge is 0.353 e. The Morgan fingerprint density at radius 2 is 1.93 bits per heavy atom. The van der Waals surface area contributed by atoms with Crippen LogP contribution in [0.2, 0.25) is 0 Å². The van der Waals surface area contributed by atoms with Crippen LogP contribution in [-0.2, 0) is 11.2 Å². The minimum Gasteiger partial charge on any atom is -0.353 e. The molecular formula is C23H28FN3O2S. The zero-order valence-electron chi connectivity index (χ0n) is 17.6. The molecule has 160 valence electrons. The van der Waals surface area contributed by atoms with Crippen LogP contribution in [-0.4, -0.2) is 22.8 Å². The van der Waals surface area contributed by atoms with Gasteiger partial charge in [-0.1, -0.05) is 20.8 Å². The van der Waals surface area contributed by atoms with Gasteiger partial charge in [-0.15, -0.1) is 11.3 Å². The number of carbonyl (C=O) groups is 2. The van der Waals surface area contributed by atoms with Crippen molar-refractivity contribution in [3.63, 3.8) is 0 Å². The van der Waals surface area contributed by atoms with Gasteiger partial charge in [-0.2, -0.15) is 0 Å². The minimum absolute atomic E-state index is 0.0466. The van der Waals surface area contributed by atoms with Gasteiger partial charge in [-0.05, 0) is 67.7 Å². The van der Waals surface area contributed by atoms with Crippen LogP contribution in [0, 0.1) is 17.2 Å². The summed E-state index contributed by atoms with van der Waals surface area (Å²) in [5, 5.41) is 6.54. The summed E-state index contributed by atoms with van der Waals surface area (Å²) in [7, 11) is 0. The molecule has 3 unspecified atom stereocenters. The minimum atomic E-state index is -0.385. The van der Waals surface area contributed by atoms with Crippen molar-refractivity contribution in [1.29, 1.82) is 0 Å². The van der Waals surface area contributed by atoms with Crippen LogP contribution in [0.4, 0.5) is 9.52 Å². The van der Waals surface area contributed by atoms with Crippen LogP contribution >= 0.6 is 11.3 Å². The quantitative estimate of drug-likeness (QED) is 0.727. The molecule has 2 aliphatic carbocycles. The van der Waals surface area contributed by atoms with Crippen molar-refractivity contribution in [2.75, 3.05) is 5.32 Å². The number of benzene rings is 1. The van der Waals surface area contributed by atoms with Crippen LogP contribution in [0.3, 0.4) is 0 Å². The molecule has 4 rings (SSSR count). The Bertz CT molecular complexity index is 954. The van der Waals surface area contributed by atoms with E-state index in [0.717, 1.165) is 36.3 Å². The van der Waals surface area contributed by atoms with Gasteiger partial charge in [0, 0.05) is 16.5 Å². The predicted molar refractivity (Wildman–Crippen MR) is 116 cm³/mol. The lowest BCUT2D eigenvalue weighted by Crippen LogP contribution is -2.44. The lowest BCUT2D eigenvalue weighted by Gasteiger charge is -2.39. The number of halogens is 1. The summed E-state index contributed by atoms with van der Waals surface area (Å²) in [4.78, 5) is 31.0. The standard InChI is InChI=1S/C23H28FN3O2S/c1-13-10-16(12-23(2,3)11-13)25-21(29)17-8-9-18-19(17)26-22(30-18)27-20(28)14-4-6-15(24)7-5-14/h4-7,13,16-17H,8-12H2,1-3H3,(H,25,29)(H,26,27,28). The van der Waals surface area contributed by atoms with Crippen LogP contribution in [0.1, 0.15) is 73.3 Å². The van der Waals surface area contributed by atoms with Crippen molar-refractivity contribution in [2.24, 2.45) is 11.3 Å². The highest BCUT2D eigenvalue weighted by Gasteiger charge is 2.37. The summed E-state index contributed by atoms with van der Waals surface area (Å²) in [5.74, 6) is -0.324. The summed E-state index contributed by atoms with van der Waals surface area (Å²) in [6.07, 6.45) is 4.77. The fourth-order valence-electron chi connectivity index (χ4n) is 5.06. The van der Waals surface area contributed by atoms with Crippen molar-refractivity contribution in [2.45, 2.75) is 64.8 Å². The summed E-state index contributed by atoms with van der Waals surface area (Å²) >= 11 is 1.42. The second-order valence-electron chi connectivity index (χ2n) is 9.50. The van der Waals surface area contributed by atoms with E-state index in [0.29, 0.717) is 16.6 Å². The molecule has 0 saturated heterocycles. The molecule has 1 saturated carbocycles. The number of aryl methyl sites for hydroxylation is 1. The molecular weight excluding hydrogens is 401 g/mol. The first kappa shape index (κ1) is 21.0. The first-order valence-corrected chi connectivity index (χ1v) is 11.4. The number of amides is 2. The van der Waals surface area contributed by atoms with Crippen LogP contribution < -0.4 is 10.6 Å². The molecule has 2 N–H and O–H groups in total. The number of fused-ring (bicyclic) bond motifs is 1. The summed E-state index contributed by atoms with van der Waals surface area (Å²) in [6.45, 7) is 6.79. The number of nitrogens with zero attached hydrogens (tertiary/aromatic N) is 1. The Hall–Kier alpha value is -2.28. The molecule has 2 aromatic rings. The Morgan fingerprint density at radius 3 is 2.63 bits per heavy atom. The molecule has 1 heterocycles. The molecule has 0 aliphatic heterocycles. The number of hydrogen-bond donors (Lipinski definition) is 2. The van der Waals surface area contributed by atoms with E-state index in [1.54, 1.807) is 0 Å². The second kappa shape index (κ2) is 8.10. The average molecular weight is 430 g/mol. The first-order chi connectivity index (χ1) is 14.2. The van der Waals surface area contributed by atoms with Gasteiger partial charge in [0.15, 0.2) is 5.13 Å². The molecule has 0 bridgehead atoms. The normalized spacial score (nSPS) is 24.9. The van der Waals surface area contributed by atoms with Crippen LogP contribution in [0.15, 0.2) is 24.3 Å². The number of anilines is 1. The number of aromatic nitrogens is 1. The van der Waals surface area contributed by atoms with Crippen LogP contribution in [0.5, 0.6) is 0 Å². The third-order valence-corrected chi connectivity index (χ3v) is 7.14. The number of carbonyl (C=O) groups excluding carboxylic acids is 2. The molecule has 30 heavy (non-hydrogen) atoms. The Morgan fingerprint density at radius 1 is 1.20 bits per heavy atom. The Balaban J connectivity index is 1.42. The highest BCUT2D eigenvalue weighted by Crippen LogP contribution is 2.41. The molecule has 0 radical (unpaired) electrons. The maximum atomic E-state index is 13.1. The van der Waals surface area contributed by atoms with Gasteiger partial charge in [0.25, 0.3) is 5.91 Å². The van der Waals surface area contributed by atoms with E-state index < -0.39 is 0 Å². The van der Waals surface area contributed by atoms with Crippen molar-refractivity contribution in [1.82, 2.24) is 10.3 Å². The molecule has 2 aliphatic rings. The lowest BCUT2D eigenvalue weighted by atomic mass is 9.70. The van der Waals surface area contributed by atoms with E-state index in [4.69, 9.17) is 0 Å². The highest BCUT2D eigenvalue weighted by molar-refractivity contribution is 7.16. The van der Waals surface area contributed by atoms with Crippen molar-refractivity contribution >= 4 is 28.3 Å². The van der Waals surface area contributed by atoms with E-state index in [1.807, 2.05) is 0 Å². The Labute approximate surface area is 180 Å². The SMILES string of the molecule is CC1CC(NC(=O)C2CCc3sc(NC(=O)c4ccc(F)cc4)nc32)CC(C)(C)C1. The van der Waals surface area contributed by atoms with Gasteiger partial charge >= 0.3 is 0 Å². The molecule has 3 atom stereocenters. The van der Waals surface area contributed by atoms with Crippen molar-refractivity contribution in [3.05, 3.63) is 46.2 Å². The third-order valence-electron chi connectivity index (χ3n) is 6.09. The van der Waals surface area contributed by atoms with Gasteiger partial charge < -0.3 is 5.32 Å². The van der Waals surface area contributed by atoms with E-state index in [1.165, 1.54) is 42.0 Å². The van der Waals surface area contributed by atoms with E-state index in [9.17, 15) is 14.0 Å². The molecule has 1 aromatic carbocycles. The summed E-state index contributed by atoms with van der Waals surface area (Å²) in [6, 6.07) is 5.59. The summed E-state index contributed by atoms with van der Waals surface area (Å²) < 4.78 is 13.1. The van der Waals surface area contributed by atoms with Gasteiger partial charge in [0.2, 0.25) is 5.91 Å². The van der Waals surface area contributed by atoms with Crippen LogP contribution in [0.25, 0.3) is 0 Å². The van der Waals surface area contributed by atoms with Gasteiger partial charge in [0.1, 0.15) is 5.82 Å².